The number of benzene rings is 2. The largest absolute Gasteiger partial charge is 0.496 e. The van der Waals surface area contributed by atoms with E-state index in [1.807, 2.05) is 6.26 Å². The fourth-order valence-electron chi connectivity index (χ4n) is 2.00. The molecule has 0 aliphatic rings. The third-order valence-corrected chi connectivity index (χ3v) is 3.99. The molecule has 0 saturated carbocycles. The summed E-state index contributed by atoms with van der Waals surface area (Å²) in [5, 5.41) is 10.7. The van der Waals surface area contributed by atoms with Crippen molar-refractivity contribution in [3.63, 3.8) is 0 Å². The van der Waals surface area contributed by atoms with E-state index in [0.717, 1.165) is 11.0 Å². The van der Waals surface area contributed by atoms with Gasteiger partial charge in [0.25, 0.3) is 17.5 Å². The normalized spacial score (nSPS) is 10.0. The summed E-state index contributed by atoms with van der Waals surface area (Å²) in [5.41, 5.74) is 4.57. The van der Waals surface area contributed by atoms with E-state index in [0.29, 0.717) is 5.75 Å². The minimum absolute atomic E-state index is 0.0548. The van der Waals surface area contributed by atoms with Crippen molar-refractivity contribution in [2.45, 2.75) is 4.90 Å². The third-order valence-electron chi connectivity index (χ3n) is 3.26. The van der Waals surface area contributed by atoms with Gasteiger partial charge in [-0.05, 0) is 30.5 Å². The number of nitro benzene ring substituents is 1. The standard InChI is InChI=1S/C16H15N3O5S/c1-24-14-9-12(25-2)6-7-13(14)16(21)18-17-15(20)10-4-3-5-11(8-10)19(22)23/h3-9H,1-2H3,(H,17,20)(H,18,21). The van der Waals surface area contributed by atoms with Crippen molar-refractivity contribution < 1.29 is 19.2 Å². The number of hydrogen-bond donors (Lipinski definition) is 2. The lowest BCUT2D eigenvalue weighted by atomic mass is 10.2. The third kappa shape index (κ3) is 4.48. The van der Waals surface area contributed by atoms with Crippen LogP contribution in [-0.2, 0) is 0 Å². The van der Waals surface area contributed by atoms with Gasteiger partial charge < -0.3 is 4.74 Å². The van der Waals surface area contributed by atoms with Crippen LogP contribution >= 0.6 is 11.8 Å². The molecule has 0 radical (unpaired) electrons. The molecule has 0 spiro atoms. The number of carbonyl (C=O) groups is 2. The summed E-state index contributed by atoms with van der Waals surface area (Å²) in [6.45, 7) is 0. The van der Waals surface area contributed by atoms with Gasteiger partial charge in [0, 0.05) is 22.6 Å². The highest BCUT2D eigenvalue weighted by atomic mass is 32.2. The predicted octanol–water partition coefficient (Wildman–Crippen LogP) is 2.40. The second-order valence-electron chi connectivity index (χ2n) is 4.78. The molecule has 2 amide bonds. The molecule has 0 unspecified atom stereocenters. The number of thioether (sulfide) groups is 1. The van der Waals surface area contributed by atoms with Gasteiger partial charge in [0.2, 0.25) is 0 Å². The first-order valence-electron chi connectivity index (χ1n) is 7.03. The summed E-state index contributed by atoms with van der Waals surface area (Å²) in [6.07, 6.45) is 1.90. The van der Waals surface area contributed by atoms with Crippen LogP contribution in [0, 0.1) is 10.1 Å². The Morgan fingerprint density at radius 2 is 1.84 bits per heavy atom. The van der Waals surface area contributed by atoms with Crippen LogP contribution < -0.4 is 15.6 Å². The number of ether oxygens (including phenoxy) is 1. The van der Waals surface area contributed by atoms with Crippen LogP contribution in [0.3, 0.4) is 0 Å². The molecule has 0 aromatic heterocycles. The van der Waals surface area contributed by atoms with E-state index in [1.54, 1.807) is 18.2 Å². The van der Waals surface area contributed by atoms with Crippen LogP contribution in [0.25, 0.3) is 0 Å². The quantitative estimate of drug-likeness (QED) is 0.481. The van der Waals surface area contributed by atoms with Gasteiger partial charge in [-0.1, -0.05) is 6.07 Å². The Balaban J connectivity index is 2.08. The molecular formula is C16H15N3O5S. The lowest BCUT2D eigenvalue weighted by Crippen LogP contribution is -2.41. The van der Waals surface area contributed by atoms with Crippen LogP contribution in [0.4, 0.5) is 5.69 Å². The van der Waals surface area contributed by atoms with Crippen molar-refractivity contribution in [3.8, 4) is 5.75 Å². The molecule has 130 valence electrons. The fraction of sp³-hybridized carbons (Fsp3) is 0.125. The fourth-order valence-corrected chi connectivity index (χ4v) is 2.43. The average Bonchev–Trinajstić information content (AvgIpc) is 2.65. The van der Waals surface area contributed by atoms with E-state index in [-0.39, 0.29) is 16.8 Å². The smallest absolute Gasteiger partial charge is 0.273 e. The molecule has 0 bridgehead atoms. The molecule has 2 N–H and O–H groups in total. The monoisotopic (exact) mass is 361 g/mol. The maximum absolute atomic E-state index is 12.2. The summed E-state index contributed by atoms with van der Waals surface area (Å²) in [5.74, 6) is -0.867. The van der Waals surface area contributed by atoms with Crippen molar-refractivity contribution in [1.82, 2.24) is 10.9 Å². The van der Waals surface area contributed by atoms with E-state index in [9.17, 15) is 19.7 Å². The van der Waals surface area contributed by atoms with Crippen molar-refractivity contribution in [2.24, 2.45) is 0 Å². The maximum atomic E-state index is 12.2. The molecule has 2 rings (SSSR count). The van der Waals surface area contributed by atoms with Crippen LogP contribution in [-0.4, -0.2) is 30.1 Å². The number of carbonyl (C=O) groups excluding carboxylic acids is 2. The molecule has 2 aromatic rings. The molecule has 2 aromatic carbocycles. The van der Waals surface area contributed by atoms with Gasteiger partial charge in [-0.15, -0.1) is 11.8 Å². The minimum Gasteiger partial charge on any atom is -0.496 e. The van der Waals surface area contributed by atoms with E-state index >= 15 is 0 Å². The Bertz CT molecular complexity index is 825. The Kier molecular flexibility index (Phi) is 5.96. The van der Waals surface area contributed by atoms with Gasteiger partial charge >= 0.3 is 0 Å². The van der Waals surface area contributed by atoms with Gasteiger partial charge in [0.05, 0.1) is 17.6 Å². The Hall–Kier alpha value is -3.07. The SMILES string of the molecule is COc1cc(SC)ccc1C(=O)NNC(=O)c1cccc([N+](=O)[O-])c1. The van der Waals surface area contributed by atoms with Crippen molar-refractivity contribution >= 4 is 29.3 Å². The highest BCUT2D eigenvalue weighted by molar-refractivity contribution is 7.98. The van der Waals surface area contributed by atoms with Crippen LogP contribution in [0.1, 0.15) is 20.7 Å². The summed E-state index contributed by atoms with van der Waals surface area (Å²) >= 11 is 1.50. The number of nitrogens with one attached hydrogen (secondary N) is 2. The number of amides is 2. The van der Waals surface area contributed by atoms with Gasteiger partial charge in [0.15, 0.2) is 0 Å². The van der Waals surface area contributed by atoms with E-state index in [2.05, 4.69) is 10.9 Å². The zero-order valence-corrected chi connectivity index (χ0v) is 14.3. The molecular weight excluding hydrogens is 346 g/mol. The van der Waals surface area contributed by atoms with Gasteiger partial charge in [-0.2, -0.15) is 0 Å². The van der Waals surface area contributed by atoms with Crippen molar-refractivity contribution in [2.75, 3.05) is 13.4 Å². The summed E-state index contributed by atoms with van der Waals surface area (Å²) in [6, 6.07) is 10.2. The highest BCUT2D eigenvalue weighted by Crippen LogP contribution is 2.25. The lowest BCUT2D eigenvalue weighted by molar-refractivity contribution is -0.384. The summed E-state index contributed by atoms with van der Waals surface area (Å²) in [7, 11) is 1.44. The molecule has 8 nitrogen and oxygen atoms in total. The van der Waals surface area contributed by atoms with Crippen LogP contribution in [0.15, 0.2) is 47.4 Å². The number of methoxy groups -OCH3 is 1. The van der Waals surface area contributed by atoms with Crippen molar-refractivity contribution in [1.29, 1.82) is 0 Å². The Morgan fingerprint density at radius 3 is 2.48 bits per heavy atom. The van der Waals surface area contributed by atoms with Crippen LogP contribution in [0.5, 0.6) is 5.75 Å². The molecule has 0 fully saturated rings. The second kappa shape index (κ2) is 8.15. The number of non-ortho nitro benzene ring substituents is 1. The molecule has 0 atom stereocenters. The first kappa shape index (κ1) is 18.3. The maximum Gasteiger partial charge on any atom is 0.273 e. The molecule has 0 heterocycles. The minimum atomic E-state index is -0.670. The number of hydrazine groups is 1. The average molecular weight is 361 g/mol. The van der Waals surface area contributed by atoms with E-state index < -0.39 is 16.7 Å². The molecule has 0 aliphatic heterocycles. The van der Waals surface area contributed by atoms with E-state index in [4.69, 9.17) is 4.74 Å². The van der Waals surface area contributed by atoms with E-state index in [1.165, 1.54) is 37.1 Å². The molecule has 25 heavy (non-hydrogen) atoms. The summed E-state index contributed by atoms with van der Waals surface area (Å²) in [4.78, 5) is 35.3. The van der Waals surface area contributed by atoms with Crippen LogP contribution in [0.2, 0.25) is 0 Å². The zero-order chi connectivity index (χ0) is 18.4. The van der Waals surface area contributed by atoms with Gasteiger partial charge in [-0.3, -0.25) is 30.6 Å². The summed E-state index contributed by atoms with van der Waals surface area (Å²) < 4.78 is 5.18. The first-order valence-corrected chi connectivity index (χ1v) is 8.26. The zero-order valence-electron chi connectivity index (χ0n) is 13.4. The predicted molar refractivity (Wildman–Crippen MR) is 92.8 cm³/mol. The number of rotatable bonds is 5. The first-order chi connectivity index (χ1) is 12.0. The topological polar surface area (TPSA) is 111 Å². The van der Waals surface area contributed by atoms with Crippen molar-refractivity contribution in [3.05, 3.63) is 63.7 Å². The Morgan fingerprint density at radius 1 is 1.12 bits per heavy atom. The number of nitrogens with zero attached hydrogens (tertiary/aromatic N) is 1. The van der Waals surface area contributed by atoms with Gasteiger partial charge in [-0.25, -0.2) is 0 Å². The van der Waals surface area contributed by atoms with Gasteiger partial charge in [0.1, 0.15) is 5.75 Å². The second-order valence-corrected chi connectivity index (χ2v) is 5.66. The molecule has 0 aliphatic carbocycles. The number of hydrogen-bond acceptors (Lipinski definition) is 6. The highest BCUT2D eigenvalue weighted by Gasteiger charge is 2.15. The lowest BCUT2D eigenvalue weighted by Gasteiger charge is -2.11. The molecule has 9 heteroatoms. The Labute approximate surface area is 147 Å². The number of nitro groups is 1. The molecule has 0 saturated heterocycles.